The van der Waals surface area contributed by atoms with E-state index in [-0.39, 0.29) is 19.4 Å². The summed E-state index contributed by atoms with van der Waals surface area (Å²) in [5.74, 6) is -2.05. The van der Waals surface area contributed by atoms with Crippen LogP contribution in [-0.4, -0.2) is 96.0 Å². The van der Waals surface area contributed by atoms with Crippen LogP contribution in [0.5, 0.6) is 0 Å². The van der Waals surface area contributed by atoms with E-state index in [0.717, 1.165) is 44.9 Å². The number of hydrogen-bond acceptors (Lipinski definition) is 11. The van der Waals surface area contributed by atoms with Gasteiger partial charge in [-0.3, -0.25) is 14.1 Å². The quantitative estimate of drug-likeness (QED) is 0.0204. The Morgan fingerprint density at radius 1 is 0.586 bits per heavy atom. The highest BCUT2D eigenvalue weighted by Crippen LogP contribution is 2.24. The number of hydrogen-bond donors (Lipinski definition) is 4. The third-order valence-electron chi connectivity index (χ3n) is 9.91. The van der Waals surface area contributed by atoms with Crippen LogP contribution < -0.4 is 0 Å². The zero-order chi connectivity index (χ0) is 42.7. The van der Waals surface area contributed by atoms with Crippen molar-refractivity contribution in [2.45, 2.75) is 205 Å². The summed E-state index contributed by atoms with van der Waals surface area (Å²) in [4.78, 5) is 25.3. The van der Waals surface area contributed by atoms with Crippen molar-refractivity contribution in [3.63, 3.8) is 0 Å². The minimum atomic E-state index is -4.61. The Hall–Kier alpha value is -2.39. The Morgan fingerprint density at radius 3 is 1.59 bits per heavy atom. The number of carbonyl (C=O) groups is 2. The molecule has 0 aromatic carbocycles. The van der Waals surface area contributed by atoms with Gasteiger partial charge in [0, 0.05) is 12.8 Å². The van der Waals surface area contributed by atoms with E-state index in [1.54, 1.807) is 0 Å². The van der Waals surface area contributed by atoms with E-state index in [4.69, 9.17) is 18.9 Å². The highest BCUT2D eigenvalue weighted by Gasteiger charge is 2.46. The maximum atomic E-state index is 12.8. The highest BCUT2D eigenvalue weighted by molar-refractivity contribution is 7.85. The Balaban J connectivity index is 2.50. The average molecular weight is 843 g/mol. The Morgan fingerprint density at radius 2 is 1.05 bits per heavy atom. The van der Waals surface area contributed by atoms with E-state index in [1.807, 2.05) is 12.2 Å². The number of allylic oxidation sites excluding steroid dienone is 8. The standard InChI is InChI=1S/C45H78O12S/c1-3-5-7-9-11-13-15-17-18-19-20-22-23-25-27-29-31-33-40(46)54-35-38(36-55-45-44(50)43(49)42(48)39(57-45)37-58(51,52)53)56-41(47)34-32-30-28-26-24-21-16-14-12-10-8-6-4-2/h11,13,17-18,20,22,25,27,38-39,42-45,48-50H,3-10,12,14-16,19,21,23-24,26,28-37H2,1-2H3,(H,51,52,53)/b13-11+,18-17+,22-20+,27-25+/t38-,39-,42-,43?,44?,45+/m1/s1. The van der Waals surface area contributed by atoms with Crippen molar-refractivity contribution < 1.29 is 56.8 Å². The number of ether oxygens (including phenoxy) is 4. The molecule has 12 nitrogen and oxygen atoms in total. The lowest BCUT2D eigenvalue weighted by Crippen LogP contribution is -2.60. The fourth-order valence-electron chi connectivity index (χ4n) is 6.43. The van der Waals surface area contributed by atoms with Gasteiger partial charge in [-0.25, -0.2) is 0 Å². The summed E-state index contributed by atoms with van der Waals surface area (Å²) in [6, 6.07) is 0. The van der Waals surface area contributed by atoms with Crippen LogP contribution in [0, 0.1) is 0 Å². The fourth-order valence-corrected chi connectivity index (χ4v) is 7.12. The van der Waals surface area contributed by atoms with E-state index in [9.17, 15) is 37.9 Å². The second kappa shape index (κ2) is 35.4. The smallest absolute Gasteiger partial charge is 0.306 e. The molecule has 0 spiro atoms. The molecule has 0 aliphatic carbocycles. The van der Waals surface area contributed by atoms with E-state index in [0.29, 0.717) is 19.3 Å². The summed E-state index contributed by atoms with van der Waals surface area (Å²) < 4.78 is 53.9. The van der Waals surface area contributed by atoms with Gasteiger partial charge in [0.1, 0.15) is 36.8 Å². The van der Waals surface area contributed by atoms with Crippen LogP contribution in [0.25, 0.3) is 0 Å². The third-order valence-corrected chi connectivity index (χ3v) is 10.7. The monoisotopic (exact) mass is 843 g/mol. The zero-order valence-corrected chi connectivity index (χ0v) is 36.5. The molecule has 4 N–H and O–H groups in total. The van der Waals surface area contributed by atoms with Gasteiger partial charge in [0.05, 0.1) is 6.61 Å². The highest BCUT2D eigenvalue weighted by atomic mass is 32.2. The van der Waals surface area contributed by atoms with Gasteiger partial charge in [0.15, 0.2) is 12.4 Å². The molecule has 58 heavy (non-hydrogen) atoms. The molecule has 0 bridgehead atoms. The summed E-state index contributed by atoms with van der Waals surface area (Å²) in [6.07, 6.45) is 31.6. The van der Waals surface area contributed by atoms with Gasteiger partial charge in [0.25, 0.3) is 10.1 Å². The molecule has 1 fully saturated rings. The number of rotatable bonds is 36. The van der Waals surface area contributed by atoms with E-state index in [2.05, 4.69) is 50.3 Å². The average Bonchev–Trinajstić information content (AvgIpc) is 3.18. The minimum absolute atomic E-state index is 0.143. The molecule has 1 rings (SSSR count). The summed E-state index contributed by atoms with van der Waals surface area (Å²) in [5, 5.41) is 30.8. The first-order valence-electron chi connectivity index (χ1n) is 22.2. The predicted octanol–water partition coefficient (Wildman–Crippen LogP) is 8.78. The van der Waals surface area contributed by atoms with E-state index in [1.165, 1.54) is 77.0 Å². The van der Waals surface area contributed by atoms with Crippen LogP contribution in [0.4, 0.5) is 0 Å². The summed E-state index contributed by atoms with van der Waals surface area (Å²) in [6.45, 7) is 3.67. The lowest BCUT2D eigenvalue weighted by Gasteiger charge is -2.40. The molecule has 13 heteroatoms. The van der Waals surface area contributed by atoms with Crippen LogP contribution in [-0.2, 0) is 38.7 Å². The van der Waals surface area contributed by atoms with Crippen LogP contribution in [0.15, 0.2) is 48.6 Å². The molecule has 0 radical (unpaired) electrons. The van der Waals surface area contributed by atoms with Gasteiger partial charge < -0.3 is 34.3 Å². The van der Waals surface area contributed by atoms with Crippen molar-refractivity contribution in [3.05, 3.63) is 48.6 Å². The Labute approximate surface area is 350 Å². The van der Waals surface area contributed by atoms with Crippen molar-refractivity contribution >= 4 is 22.1 Å². The molecule has 6 atom stereocenters. The molecule has 0 aromatic rings. The molecule has 336 valence electrons. The lowest BCUT2D eigenvalue weighted by atomic mass is 10.00. The normalized spacial score (nSPS) is 20.8. The van der Waals surface area contributed by atoms with Crippen molar-refractivity contribution in [2.75, 3.05) is 19.0 Å². The lowest BCUT2D eigenvalue weighted by molar-refractivity contribution is -0.297. The maximum Gasteiger partial charge on any atom is 0.306 e. The SMILES string of the molecule is CCCCC/C=C/C/C=C/C/C=C/C/C=C/CCCC(=O)OC[C@H](CO[C@H]1O[C@H](CS(=O)(=O)O)[C@@H](O)C(O)C1O)OC(=O)CCCCCCCCCCCCCCC. The van der Waals surface area contributed by atoms with Gasteiger partial charge in [-0.1, -0.05) is 152 Å². The minimum Gasteiger partial charge on any atom is -0.462 e. The number of esters is 2. The van der Waals surface area contributed by atoms with Gasteiger partial charge >= 0.3 is 11.9 Å². The molecular weight excluding hydrogens is 765 g/mol. The number of carbonyl (C=O) groups excluding carboxylic acids is 2. The molecule has 0 saturated carbocycles. The van der Waals surface area contributed by atoms with E-state index < -0.39 is 71.2 Å². The first-order valence-corrected chi connectivity index (χ1v) is 23.8. The summed E-state index contributed by atoms with van der Waals surface area (Å²) in [7, 11) is -4.61. The van der Waals surface area contributed by atoms with Gasteiger partial charge in [0.2, 0.25) is 0 Å². The molecule has 1 saturated heterocycles. The largest absolute Gasteiger partial charge is 0.462 e. The van der Waals surface area contributed by atoms with E-state index >= 15 is 0 Å². The van der Waals surface area contributed by atoms with Crippen molar-refractivity contribution in [3.8, 4) is 0 Å². The number of unbranched alkanes of at least 4 members (excludes halogenated alkanes) is 16. The first kappa shape index (κ1) is 53.6. The third kappa shape index (κ3) is 29.8. The van der Waals surface area contributed by atoms with Crippen LogP contribution >= 0.6 is 0 Å². The van der Waals surface area contributed by atoms with Crippen LogP contribution in [0.2, 0.25) is 0 Å². The van der Waals surface area contributed by atoms with Gasteiger partial charge in [-0.05, 0) is 51.4 Å². The fraction of sp³-hybridized carbons (Fsp3) is 0.778. The van der Waals surface area contributed by atoms with Crippen LogP contribution in [0.3, 0.4) is 0 Å². The second-order valence-corrected chi connectivity index (χ2v) is 16.9. The second-order valence-electron chi connectivity index (χ2n) is 15.4. The maximum absolute atomic E-state index is 12.8. The molecule has 1 aliphatic rings. The predicted molar refractivity (Wildman–Crippen MR) is 229 cm³/mol. The van der Waals surface area contributed by atoms with Crippen molar-refractivity contribution in [1.82, 2.24) is 0 Å². The molecular formula is C45H78O12S. The Bertz CT molecular complexity index is 1260. The molecule has 1 heterocycles. The van der Waals surface area contributed by atoms with Gasteiger partial charge in [-0.15, -0.1) is 0 Å². The summed E-state index contributed by atoms with van der Waals surface area (Å²) in [5.41, 5.74) is 0. The first-order chi connectivity index (χ1) is 28.0. The molecule has 1 aliphatic heterocycles. The number of aliphatic hydroxyl groups is 3. The number of aliphatic hydroxyl groups excluding tert-OH is 3. The molecule has 0 aromatic heterocycles. The Kier molecular flexibility index (Phi) is 32.7. The van der Waals surface area contributed by atoms with Crippen molar-refractivity contribution in [2.24, 2.45) is 0 Å². The topological polar surface area (TPSA) is 186 Å². The van der Waals surface area contributed by atoms with Gasteiger partial charge in [-0.2, -0.15) is 8.42 Å². The zero-order valence-electron chi connectivity index (χ0n) is 35.6. The van der Waals surface area contributed by atoms with Crippen LogP contribution in [0.1, 0.15) is 168 Å². The molecule has 0 amide bonds. The molecule has 2 unspecified atom stereocenters. The van der Waals surface area contributed by atoms with Crippen molar-refractivity contribution in [1.29, 1.82) is 0 Å². The summed E-state index contributed by atoms with van der Waals surface area (Å²) >= 11 is 0.